The summed E-state index contributed by atoms with van der Waals surface area (Å²) in [6, 6.07) is -0.604. The highest BCUT2D eigenvalue weighted by Crippen LogP contribution is 1.94. The quantitative estimate of drug-likeness (QED) is 0.513. The highest BCUT2D eigenvalue weighted by molar-refractivity contribution is 5.90. The lowest BCUT2D eigenvalue weighted by Crippen LogP contribution is -2.49. The fourth-order valence-corrected chi connectivity index (χ4v) is 1.41. The minimum Gasteiger partial charge on any atom is -0.346 e. The summed E-state index contributed by atoms with van der Waals surface area (Å²) in [5, 5.41) is 4.86. The lowest BCUT2D eigenvalue weighted by Gasteiger charge is -2.23. The summed E-state index contributed by atoms with van der Waals surface area (Å²) in [5.41, 5.74) is 5.08. The predicted molar refractivity (Wildman–Crippen MR) is 67.6 cm³/mol. The summed E-state index contributed by atoms with van der Waals surface area (Å²) in [6.07, 6.45) is 0. The molecule has 104 valence electrons. The van der Waals surface area contributed by atoms with E-state index in [1.54, 1.807) is 11.8 Å². The van der Waals surface area contributed by atoms with Crippen LogP contribution < -0.4 is 16.4 Å². The molecule has 0 rings (SSSR count). The van der Waals surface area contributed by atoms with Crippen molar-refractivity contribution in [2.75, 3.05) is 26.2 Å². The molecule has 0 saturated heterocycles. The highest BCUT2D eigenvalue weighted by Gasteiger charge is 2.19. The third-order valence-corrected chi connectivity index (χ3v) is 2.45. The Kier molecular flexibility index (Phi) is 7.69. The second-order valence-corrected chi connectivity index (χ2v) is 3.78. The summed E-state index contributed by atoms with van der Waals surface area (Å²) in [6.45, 7) is 6.21. The van der Waals surface area contributed by atoms with Gasteiger partial charge in [0.2, 0.25) is 17.7 Å². The standard InChI is InChI=1S/C11H22N4O3/c1-4-15(5-2)11(18)8(3)14-10(17)7-13-9(16)6-12/h8H,4-7,12H2,1-3H3,(H,13,16)(H,14,17). The molecular weight excluding hydrogens is 236 g/mol. The molecule has 3 amide bonds. The van der Waals surface area contributed by atoms with Gasteiger partial charge in [0, 0.05) is 13.1 Å². The third kappa shape index (κ3) is 5.62. The Labute approximate surface area is 107 Å². The molecule has 0 saturated carbocycles. The molecule has 0 aliphatic carbocycles. The first-order valence-electron chi connectivity index (χ1n) is 6.01. The molecule has 0 heterocycles. The first-order valence-corrected chi connectivity index (χ1v) is 6.01. The van der Waals surface area contributed by atoms with Crippen molar-refractivity contribution in [3.8, 4) is 0 Å². The van der Waals surface area contributed by atoms with Gasteiger partial charge in [-0.25, -0.2) is 0 Å². The highest BCUT2D eigenvalue weighted by atomic mass is 16.2. The average Bonchev–Trinajstić information content (AvgIpc) is 2.36. The van der Waals surface area contributed by atoms with E-state index < -0.39 is 17.9 Å². The van der Waals surface area contributed by atoms with Gasteiger partial charge in [-0.15, -0.1) is 0 Å². The van der Waals surface area contributed by atoms with Gasteiger partial charge in [-0.05, 0) is 20.8 Å². The van der Waals surface area contributed by atoms with Crippen molar-refractivity contribution in [3.05, 3.63) is 0 Å². The molecule has 1 unspecified atom stereocenters. The molecule has 0 aromatic heterocycles. The van der Waals surface area contributed by atoms with E-state index in [1.807, 2.05) is 13.8 Å². The predicted octanol–water partition coefficient (Wildman–Crippen LogP) is -1.57. The minimum absolute atomic E-state index is 0.140. The molecule has 18 heavy (non-hydrogen) atoms. The number of amides is 3. The Morgan fingerprint density at radius 3 is 2.17 bits per heavy atom. The van der Waals surface area contributed by atoms with Crippen LogP contribution >= 0.6 is 0 Å². The number of nitrogens with two attached hydrogens (primary N) is 1. The van der Waals surface area contributed by atoms with Gasteiger partial charge in [0.15, 0.2) is 0 Å². The van der Waals surface area contributed by atoms with Crippen molar-refractivity contribution in [1.29, 1.82) is 0 Å². The van der Waals surface area contributed by atoms with Gasteiger partial charge in [0.1, 0.15) is 6.04 Å². The van der Waals surface area contributed by atoms with Crippen LogP contribution in [0.25, 0.3) is 0 Å². The molecule has 0 fully saturated rings. The Hall–Kier alpha value is -1.63. The molecule has 0 aliphatic rings. The van der Waals surface area contributed by atoms with Crippen molar-refractivity contribution in [1.82, 2.24) is 15.5 Å². The van der Waals surface area contributed by atoms with Crippen LogP contribution in [0.1, 0.15) is 20.8 Å². The Balaban J connectivity index is 4.14. The number of hydrogen-bond donors (Lipinski definition) is 3. The summed E-state index contributed by atoms with van der Waals surface area (Å²) in [5.74, 6) is -0.962. The molecule has 7 heteroatoms. The smallest absolute Gasteiger partial charge is 0.244 e. The largest absolute Gasteiger partial charge is 0.346 e. The van der Waals surface area contributed by atoms with Crippen LogP contribution in [0.3, 0.4) is 0 Å². The van der Waals surface area contributed by atoms with Crippen molar-refractivity contribution >= 4 is 17.7 Å². The van der Waals surface area contributed by atoms with E-state index in [0.717, 1.165) is 0 Å². The number of rotatable bonds is 7. The Morgan fingerprint density at radius 1 is 1.17 bits per heavy atom. The number of hydrogen-bond acceptors (Lipinski definition) is 4. The van der Waals surface area contributed by atoms with Crippen molar-refractivity contribution in [3.63, 3.8) is 0 Å². The van der Waals surface area contributed by atoms with E-state index in [4.69, 9.17) is 5.73 Å². The molecule has 4 N–H and O–H groups in total. The van der Waals surface area contributed by atoms with Gasteiger partial charge in [-0.3, -0.25) is 14.4 Å². The Morgan fingerprint density at radius 2 is 1.72 bits per heavy atom. The van der Waals surface area contributed by atoms with E-state index in [-0.39, 0.29) is 19.0 Å². The normalized spacial score (nSPS) is 11.6. The molecule has 0 radical (unpaired) electrons. The van der Waals surface area contributed by atoms with Crippen molar-refractivity contribution in [2.45, 2.75) is 26.8 Å². The van der Waals surface area contributed by atoms with Gasteiger partial charge in [-0.1, -0.05) is 0 Å². The number of nitrogens with one attached hydrogen (secondary N) is 2. The van der Waals surface area contributed by atoms with E-state index in [9.17, 15) is 14.4 Å². The van der Waals surface area contributed by atoms with Crippen molar-refractivity contribution in [2.24, 2.45) is 5.73 Å². The molecule has 0 bridgehead atoms. The maximum atomic E-state index is 11.8. The SMILES string of the molecule is CCN(CC)C(=O)C(C)NC(=O)CNC(=O)CN. The van der Waals surface area contributed by atoms with Crippen LogP contribution in [0.15, 0.2) is 0 Å². The molecular formula is C11H22N4O3. The molecule has 0 spiro atoms. The second-order valence-electron chi connectivity index (χ2n) is 3.78. The van der Waals surface area contributed by atoms with Crippen molar-refractivity contribution < 1.29 is 14.4 Å². The maximum absolute atomic E-state index is 11.8. The first kappa shape index (κ1) is 16.4. The lowest BCUT2D eigenvalue weighted by molar-refractivity contribution is -0.135. The van der Waals surface area contributed by atoms with Gasteiger partial charge >= 0.3 is 0 Å². The van der Waals surface area contributed by atoms with E-state index in [1.165, 1.54) is 0 Å². The fourth-order valence-electron chi connectivity index (χ4n) is 1.41. The van der Waals surface area contributed by atoms with Gasteiger partial charge in [0.05, 0.1) is 13.1 Å². The van der Waals surface area contributed by atoms with Crippen LogP contribution in [0.5, 0.6) is 0 Å². The van der Waals surface area contributed by atoms with E-state index in [2.05, 4.69) is 10.6 Å². The number of carbonyl (C=O) groups excluding carboxylic acids is 3. The minimum atomic E-state index is -0.604. The molecule has 7 nitrogen and oxygen atoms in total. The fraction of sp³-hybridized carbons (Fsp3) is 0.727. The monoisotopic (exact) mass is 258 g/mol. The van der Waals surface area contributed by atoms with Gasteiger partial charge in [-0.2, -0.15) is 0 Å². The number of nitrogens with zero attached hydrogens (tertiary/aromatic N) is 1. The van der Waals surface area contributed by atoms with Crippen LogP contribution in [0.2, 0.25) is 0 Å². The third-order valence-electron chi connectivity index (χ3n) is 2.45. The molecule has 0 aromatic rings. The van der Waals surface area contributed by atoms with Crippen LogP contribution in [-0.4, -0.2) is 54.8 Å². The van der Waals surface area contributed by atoms with Gasteiger partial charge in [0.25, 0.3) is 0 Å². The zero-order chi connectivity index (χ0) is 14.1. The van der Waals surface area contributed by atoms with Crippen LogP contribution in [-0.2, 0) is 14.4 Å². The average molecular weight is 258 g/mol. The first-order chi connectivity index (χ1) is 8.46. The zero-order valence-corrected chi connectivity index (χ0v) is 11.2. The number of likely N-dealkylation sites (N-methyl/N-ethyl adjacent to an activating group) is 1. The van der Waals surface area contributed by atoms with Gasteiger partial charge < -0.3 is 21.3 Å². The maximum Gasteiger partial charge on any atom is 0.244 e. The second kappa shape index (κ2) is 8.46. The summed E-state index contributed by atoms with van der Waals surface area (Å²) >= 11 is 0. The summed E-state index contributed by atoms with van der Waals surface area (Å²) in [4.78, 5) is 35.8. The molecule has 0 aliphatic heterocycles. The Bertz CT molecular complexity index is 303. The zero-order valence-electron chi connectivity index (χ0n) is 11.2. The van der Waals surface area contributed by atoms with Crippen LogP contribution in [0.4, 0.5) is 0 Å². The molecule has 0 aromatic carbocycles. The summed E-state index contributed by atoms with van der Waals surface area (Å²) in [7, 11) is 0. The lowest BCUT2D eigenvalue weighted by atomic mass is 10.2. The van der Waals surface area contributed by atoms with Crippen LogP contribution in [0, 0.1) is 0 Å². The van der Waals surface area contributed by atoms with E-state index in [0.29, 0.717) is 13.1 Å². The number of carbonyl (C=O) groups is 3. The topological polar surface area (TPSA) is 105 Å². The summed E-state index contributed by atoms with van der Waals surface area (Å²) < 4.78 is 0. The molecule has 1 atom stereocenters. The van der Waals surface area contributed by atoms with E-state index >= 15 is 0 Å².